The van der Waals surface area contributed by atoms with E-state index < -0.39 is 22.4 Å². The Hall–Kier alpha value is -3.64. The molecule has 31 heavy (non-hydrogen) atoms. The van der Waals surface area contributed by atoms with Crippen LogP contribution in [0.5, 0.6) is 0 Å². The Morgan fingerprint density at radius 1 is 1.32 bits per heavy atom. The van der Waals surface area contributed by atoms with Crippen molar-refractivity contribution in [3.63, 3.8) is 0 Å². The summed E-state index contributed by atoms with van der Waals surface area (Å²) in [5.74, 6) is -1.14. The van der Waals surface area contributed by atoms with E-state index in [2.05, 4.69) is 10.3 Å². The van der Waals surface area contributed by atoms with E-state index in [9.17, 15) is 24.5 Å². The second-order valence-electron chi connectivity index (χ2n) is 6.40. The number of rotatable bonds is 8. The zero-order chi connectivity index (χ0) is 22.5. The highest BCUT2D eigenvalue weighted by Gasteiger charge is 2.21. The molecule has 0 aliphatic rings. The molecule has 0 radical (unpaired) electrons. The number of anilines is 1. The first-order chi connectivity index (χ1) is 14.8. The number of thiophene rings is 1. The molecule has 1 N–H and O–H groups in total. The molecule has 0 aliphatic carbocycles. The Balaban J connectivity index is 1.81. The van der Waals surface area contributed by atoms with Gasteiger partial charge in [-0.15, -0.1) is 11.3 Å². The molecule has 0 spiro atoms. The van der Waals surface area contributed by atoms with E-state index in [-0.39, 0.29) is 41.4 Å². The number of nitrogens with zero attached hydrogens (tertiary/aromatic N) is 3. The quantitative estimate of drug-likeness (QED) is 0.240. The number of amides is 1. The minimum absolute atomic E-state index is 0.0818. The van der Waals surface area contributed by atoms with Gasteiger partial charge in [0.25, 0.3) is 11.2 Å². The summed E-state index contributed by atoms with van der Waals surface area (Å²) < 4.78 is 11.0. The highest BCUT2D eigenvalue weighted by molar-refractivity contribution is 7.20. The van der Waals surface area contributed by atoms with Crippen molar-refractivity contribution in [1.82, 2.24) is 9.55 Å². The molecule has 0 bridgehead atoms. The van der Waals surface area contributed by atoms with Crippen LogP contribution in [-0.2, 0) is 20.8 Å². The highest BCUT2D eigenvalue weighted by Crippen LogP contribution is 2.27. The third-order valence-corrected chi connectivity index (χ3v) is 5.46. The monoisotopic (exact) mass is 446 g/mol. The number of carbonyl (C=O) groups excluding carboxylic acids is 2. The van der Waals surface area contributed by atoms with Gasteiger partial charge in [0.2, 0.25) is 5.91 Å². The second kappa shape index (κ2) is 9.45. The molecule has 0 unspecified atom stereocenters. The highest BCUT2D eigenvalue weighted by atomic mass is 32.1. The maximum Gasteiger partial charge on any atom is 0.348 e. The van der Waals surface area contributed by atoms with Gasteiger partial charge in [-0.25, -0.2) is 9.78 Å². The minimum atomic E-state index is -0.577. The zero-order valence-electron chi connectivity index (χ0n) is 16.6. The smallest absolute Gasteiger partial charge is 0.348 e. The summed E-state index contributed by atoms with van der Waals surface area (Å²) in [5, 5.41) is 13.6. The molecular formula is C19H18N4O7S. The summed E-state index contributed by atoms with van der Waals surface area (Å²) in [4.78, 5) is 52.5. The molecule has 162 valence electrons. The van der Waals surface area contributed by atoms with E-state index in [1.165, 1.54) is 37.7 Å². The van der Waals surface area contributed by atoms with E-state index in [4.69, 9.17) is 9.47 Å². The van der Waals surface area contributed by atoms with Crippen LogP contribution in [0.3, 0.4) is 0 Å². The van der Waals surface area contributed by atoms with E-state index in [0.29, 0.717) is 10.4 Å². The second-order valence-corrected chi connectivity index (χ2v) is 7.40. The molecule has 0 aliphatic heterocycles. The molecule has 0 fully saturated rings. The third kappa shape index (κ3) is 4.92. The summed E-state index contributed by atoms with van der Waals surface area (Å²) in [6.45, 7) is 1.59. The molecule has 0 saturated heterocycles. The number of nitrogens with one attached hydrogen (secondary N) is 1. The molecule has 3 aromatic rings. The number of esters is 1. The minimum Gasteiger partial charge on any atom is -0.459 e. The van der Waals surface area contributed by atoms with Gasteiger partial charge in [0.15, 0.2) is 0 Å². The first-order valence-electron chi connectivity index (χ1n) is 9.00. The van der Waals surface area contributed by atoms with Gasteiger partial charge in [-0.05, 0) is 18.6 Å². The first-order valence-corrected chi connectivity index (χ1v) is 9.82. The van der Waals surface area contributed by atoms with Gasteiger partial charge in [0.05, 0.1) is 23.2 Å². The van der Waals surface area contributed by atoms with Crippen molar-refractivity contribution < 1.29 is 24.0 Å². The number of benzene rings is 1. The topological polar surface area (TPSA) is 143 Å². The van der Waals surface area contributed by atoms with Gasteiger partial charge in [0, 0.05) is 24.9 Å². The maximum absolute atomic E-state index is 12.9. The summed E-state index contributed by atoms with van der Waals surface area (Å²) in [6, 6.07) is 5.46. The fourth-order valence-corrected chi connectivity index (χ4v) is 3.84. The number of nitro groups is 1. The van der Waals surface area contributed by atoms with E-state index in [1.807, 2.05) is 0 Å². The van der Waals surface area contributed by atoms with E-state index >= 15 is 0 Å². The Bertz CT molecular complexity index is 1220. The molecule has 1 aromatic carbocycles. The number of hydrogen-bond acceptors (Lipinski definition) is 9. The van der Waals surface area contributed by atoms with Crippen LogP contribution in [0.2, 0.25) is 0 Å². The van der Waals surface area contributed by atoms with Gasteiger partial charge in [0.1, 0.15) is 22.9 Å². The van der Waals surface area contributed by atoms with Crippen molar-refractivity contribution in [2.45, 2.75) is 13.5 Å². The number of aryl methyl sites for hydroxylation is 1. The van der Waals surface area contributed by atoms with Crippen LogP contribution in [0.25, 0.3) is 10.2 Å². The number of ether oxygens (including phenoxy) is 2. The van der Waals surface area contributed by atoms with Gasteiger partial charge in [-0.3, -0.25) is 24.3 Å². The van der Waals surface area contributed by atoms with Crippen LogP contribution in [0.4, 0.5) is 11.4 Å². The first kappa shape index (κ1) is 22.1. The lowest BCUT2D eigenvalue weighted by Crippen LogP contribution is -2.27. The standard InChI is InChI=1S/C19H18N4O7S/c1-11-15-17(31-16(11)19(26)30-7-6-29-2)20-10-22(18(15)25)9-14(24)21-12-4-3-5-13(8-12)23(27)28/h3-5,8,10H,6-7,9H2,1-2H3,(H,21,24). The van der Waals surface area contributed by atoms with Crippen LogP contribution in [-0.4, -0.2) is 46.7 Å². The van der Waals surface area contributed by atoms with Gasteiger partial charge in [-0.1, -0.05) is 6.07 Å². The Morgan fingerprint density at radius 3 is 2.81 bits per heavy atom. The number of methoxy groups -OCH3 is 1. The number of non-ortho nitro benzene ring substituents is 1. The molecular weight excluding hydrogens is 428 g/mol. The number of nitro benzene ring substituents is 1. The van der Waals surface area contributed by atoms with Gasteiger partial charge < -0.3 is 14.8 Å². The average molecular weight is 446 g/mol. The lowest BCUT2D eigenvalue weighted by atomic mass is 10.2. The van der Waals surface area contributed by atoms with E-state index in [1.54, 1.807) is 6.92 Å². The summed E-state index contributed by atoms with van der Waals surface area (Å²) in [6.07, 6.45) is 1.22. The average Bonchev–Trinajstić information content (AvgIpc) is 3.07. The fourth-order valence-electron chi connectivity index (χ4n) is 2.80. The van der Waals surface area contributed by atoms with Crippen LogP contribution < -0.4 is 10.9 Å². The zero-order valence-corrected chi connectivity index (χ0v) is 17.4. The molecule has 2 aromatic heterocycles. The van der Waals surface area contributed by atoms with Crippen LogP contribution in [0.1, 0.15) is 15.2 Å². The molecule has 11 nitrogen and oxygen atoms in total. The maximum atomic E-state index is 12.9. The predicted molar refractivity (Wildman–Crippen MR) is 113 cm³/mol. The van der Waals surface area contributed by atoms with Crippen molar-refractivity contribution in [3.8, 4) is 0 Å². The summed E-state index contributed by atoms with van der Waals surface area (Å²) in [5.41, 5.74) is 0.00296. The van der Waals surface area contributed by atoms with Crippen molar-refractivity contribution in [3.05, 3.63) is 61.5 Å². The number of aromatic nitrogens is 2. The van der Waals surface area contributed by atoms with Crippen molar-refractivity contribution in [2.24, 2.45) is 0 Å². The van der Waals surface area contributed by atoms with Crippen LogP contribution >= 0.6 is 11.3 Å². The number of hydrogen-bond donors (Lipinski definition) is 1. The van der Waals surface area contributed by atoms with Crippen molar-refractivity contribution >= 4 is 44.8 Å². The van der Waals surface area contributed by atoms with Crippen molar-refractivity contribution in [1.29, 1.82) is 0 Å². The molecule has 2 heterocycles. The molecule has 0 saturated carbocycles. The normalized spacial score (nSPS) is 10.8. The van der Waals surface area contributed by atoms with Gasteiger partial charge in [-0.2, -0.15) is 0 Å². The Morgan fingerprint density at radius 2 is 2.10 bits per heavy atom. The molecule has 3 rings (SSSR count). The molecule has 0 atom stereocenters. The lowest BCUT2D eigenvalue weighted by molar-refractivity contribution is -0.384. The van der Waals surface area contributed by atoms with Crippen LogP contribution in [0.15, 0.2) is 35.4 Å². The fraction of sp³-hybridized carbons (Fsp3) is 0.263. The Kier molecular flexibility index (Phi) is 6.72. The summed E-state index contributed by atoms with van der Waals surface area (Å²) in [7, 11) is 1.49. The number of fused-ring (bicyclic) bond motifs is 1. The molecule has 12 heteroatoms. The number of carbonyl (C=O) groups is 2. The predicted octanol–water partition coefficient (Wildman–Crippen LogP) is 2.12. The third-order valence-electron chi connectivity index (χ3n) is 4.28. The Labute approximate surface area is 179 Å². The van der Waals surface area contributed by atoms with Gasteiger partial charge >= 0.3 is 5.97 Å². The van der Waals surface area contributed by atoms with Crippen LogP contribution in [0, 0.1) is 17.0 Å². The summed E-state index contributed by atoms with van der Waals surface area (Å²) >= 11 is 1.03. The largest absolute Gasteiger partial charge is 0.459 e. The van der Waals surface area contributed by atoms with E-state index in [0.717, 1.165) is 15.9 Å². The SMILES string of the molecule is COCCOC(=O)c1sc2ncn(CC(=O)Nc3cccc([N+](=O)[O-])c3)c(=O)c2c1C. The molecule has 1 amide bonds. The van der Waals surface area contributed by atoms with Crippen molar-refractivity contribution in [2.75, 3.05) is 25.6 Å². The lowest BCUT2D eigenvalue weighted by Gasteiger charge is -2.07.